The van der Waals surface area contributed by atoms with Crippen molar-refractivity contribution >= 4 is 15.9 Å². The Balaban J connectivity index is 2.14. The molecule has 0 saturated heterocycles. The molecule has 0 unspecified atom stereocenters. The van der Waals surface area contributed by atoms with Crippen molar-refractivity contribution < 1.29 is 13.5 Å². The molecule has 1 nitrogen and oxygen atoms in total. The van der Waals surface area contributed by atoms with Crippen LogP contribution in [-0.2, 0) is 4.74 Å². The van der Waals surface area contributed by atoms with Crippen molar-refractivity contribution in [1.29, 1.82) is 0 Å². The van der Waals surface area contributed by atoms with Gasteiger partial charge in [-0.2, -0.15) is 8.78 Å². The molecule has 0 bridgehead atoms. The lowest BCUT2D eigenvalue weighted by Gasteiger charge is -2.53. The molecule has 0 aromatic rings. The quantitative estimate of drug-likeness (QED) is 0.528. The Kier molecular flexibility index (Phi) is 5.10. The molecule has 4 heteroatoms. The highest BCUT2D eigenvalue weighted by atomic mass is 79.9. The Morgan fingerprint density at radius 1 is 0.905 bits per heavy atom. The van der Waals surface area contributed by atoms with E-state index >= 15 is 0 Å². The van der Waals surface area contributed by atoms with Crippen LogP contribution in [0.5, 0.6) is 0 Å². The van der Waals surface area contributed by atoms with Gasteiger partial charge in [-0.05, 0) is 35.5 Å². The fourth-order valence-corrected chi connectivity index (χ4v) is 5.27. The molecule has 0 atom stereocenters. The van der Waals surface area contributed by atoms with Crippen LogP contribution in [0.3, 0.4) is 0 Å². The predicted octanol–water partition coefficient (Wildman–Crippen LogP) is 6.36. The van der Waals surface area contributed by atoms with Crippen molar-refractivity contribution in [2.24, 2.45) is 22.7 Å². The number of ether oxygens (including phenoxy) is 1. The van der Waals surface area contributed by atoms with Crippen LogP contribution in [0.1, 0.15) is 72.6 Å². The van der Waals surface area contributed by atoms with Gasteiger partial charge in [0, 0.05) is 15.9 Å². The third kappa shape index (κ3) is 4.40. The highest BCUT2D eigenvalue weighted by Gasteiger charge is 2.52. The van der Waals surface area contributed by atoms with E-state index in [2.05, 4.69) is 43.6 Å². The minimum absolute atomic E-state index is 0.221. The highest BCUT2D eigenvalue weighted by molar-refractivity contribution is 9.09. The van der Waals surface area contributed by atoms with Gasteiger partial charge in [-0.25, -0.2) is 0 Å². The third-order valence-electron chi connectivity index (χ3n) is 5.56. The summed E-state index contributed by atoms with van der Waals surface area (Å²) in [6.45, 7) is 8.36. The molecule has 2 fully saturated rings. The molecule has 0 heterocycles. The summed E-state index contributed by atoms with van der Waals surface area (Å²) in [5, 5.41) is -3.23. The van der Waals surface area contributed by atoms with Gasteiger partial charge in [0.2, 0.25) is 0 Å². The fraction of sp³-hybridized carbons (Fsp3) is 1.00. The summed E-state index contributed by atoms with van der Waals surface area (Å²) >= 11 is 2.35. The zero-order valence-corrected chi connectivity index (χ0v) is 15.3. The smallest absolute Gasteiger partial charge is 0.307 e. The van der Waals surface area contributed by atoms with Gasteiger partial charge in [-0.15, -0.1) is 0 Å². The van der Waals surface area contributed by atoms with E-state index in [1.54, 1.807) is 0 Å². The van der Waals surface area contributed by atoms with Crippen LogP contribution in [0.4, 0.5) is 8.78 Å². The Bertz CT molecular complexity index is 338. The summed E-state index contributed by atoms with van der Waals surface area (Å²) in [7, 11) is 0. The van der Waals surface area contributed by atoms with Crippen molar-refractivity contribution in [2.45, 2.75) is 83.8 Å². The molecular formula is C17H29BrF2O. The van der Waals surface area contributed by atoms with E-state index in [4.69, 9.17) is 4.74 Å². The Morgan fingerprint density at radius 2 is 1.38 bits per heavy atom. The van der Waals surface area contributed by atoms with Crippen molar-refractivity contribution in [3.05, 3.63) is 0 Å². The average Bonchev–Trinajstić information content (AvgIpc) is 2.33. The largest absolute Gasteiger partial charge is 0.414 e. The maximum absolute atomic E-state index is 13.3. The van der Waals surface area contributed by atoms with Crippen LogP contribution in [0.25, 0.3) is 0 Å². The Hall–Kier alpha value is 0.300. The van der Waals surface area contributed by atoms with Crippen LogP contribution >= 0.6 is 15.9 Å². The molecule has 0 aromatic heterocycles. The number of rotatable bonds is 3. The summed E-state index contributed by atoms with van der Waals surface area (Å²) in [6.07, 6.45) is 8.22. The summed E-state index contributed by atoms with van der Waals surface area (Å²) in [5.41, 5.74) is -0.442. The topological polar surface area (TPSA) is 9.23 Å². The van der Waals surface area contributed by atoms with E-state index in [0.29, 0.717) is 5.92 Å². The monoisotopic (exact) mass is 366 g/mol. The summed E-state index contributed by atoms with van der Waals surface area (Å²) in [4.78, 5) is 0. The molecular weight excluding hydrogens is 338 g/mol. The van der Waals surface area contributed by atoms with Gasteiger partial charge in [0.15, 0.2) is 0 Å². The molecule has 0 radical (unpaired) electrons. The van der Waals surface area contributed by atoms with Crippen LogP contribution in [-0.4, -0.2) is 11.1 Å². The SMILES string of the molecule is CC1(C)CC(C2CCCCC2)CC(C)(C)C1OC(F)(F)Br. The van der Waals surface area contributed by atoms with Crippen molar-refractivity contribution in [3.8, 4) is 0 Å². The van der Waals surface area contributed by atoms with E-state index in [1.165, 1.54) is 32.1 Å². The van der Waals surface area contributed by atoms with E-state index < -0.39 is 11.1 Å². The minimum atomic E-state index is -3.23. The first-order valence-electron chi connectivity index (χ1n) is 8.26. The van der Waals surface area contributed by atoms with Gasteiger partial charge in [0.1, 0.15) is 0 Å². The second-order valence-corrected chi connectivity index (χ2v) is 9.41. The first-order chi connectivity index (χ1) is 9.51. The number of halogens is 3. The zero-order valence-electron chi connectivity index (χ0n) is 13.7. The van der Waals surface area contributed by atoms with E-state index in [9.17, 15) is 8.78 Å². The van der Waals surface area contributed by atoms with E-state index in [0.717, 1.165) is 18.8 Å². The molecule has 124 valence electrons. The summed E-state index contributed by atoms with van der Waals surface area (Å²) in [5.74, 6) is 1.43. The molecule has 0 amide bonds. The molecule has 0 spiro atoms. The second-order valence-electron chi connectivity index (χ2n) is 8.49. The van der Waals surface area contributed by atoms with Crippen LogP contribution in [0, 0.1) is 22.7 Å². The molecule has 0 N–H and O–H groups in total. The minimum Gasteiger partial charge on any atom is -0.307 e. The highest BCUT2D eigenvalue weighted by Crippen LogP contribution is 2.55. The standard InChI is InChI=1S/C17H29BrF2O/c1-15(2)10-13(12-8-6-5-7-9-12)11-16(3,4)14(15)21-17(18,19)20/h12-14H,5-11H2,1-4H3. The van der Waals surface area contributed by atoms with Gasteiger partial charge >= 0.3 is 5.02 Å². The molecule has 2 rings (SSSR count). The van der Waals surface area contributed by atoms with Crippen LogP contribution in [0.15, 0.2) is 0 Å². The molecule has 0 aliphatic heterocycles. The Morgan fingerprint density at radius 3 is 1.81 bits per heavy atom. The van der Waals surface area contributed by atoms with Gasteiger partial charge in [0.05, 0.1) is 6.10 Å². The van der Waals surface area contributed by atoms with Gasteiger partial charge in [-0.1, -0.05) is 59.8 Å². The Labute approximate surface area is 136 Å². The lowest BCUT2D eigenvalue weighted by Crippen LogP contribution is -2.52. The van der Waals surface area contributed by atoms with Crippen LogP contribution < -0.4 is 0 Å². The lowest BCUT2D eigenvalue weighted by molar-refractivity contribution is -0.256. The van der Waals surface area contributed by atoms with Crippen molar-refractivity contribution in [2.75, 3.05) is 0 Å². The number of hydrogen-bond acceptors (Lipinski definition) is 1. The fourth-order valence-electron chi connectivity index (χ4n) is 5.09. The maximum Gasteiger partial charge on any atom is 0.414 e. The lowest BCUT2D eigenvalue weighted by atomic mass is 9.56. The van der Waals surface area contributed by atoms with Gasteiger partial charge in [0.25, 0.3) is 0 Å². The van der Waals surface area contributed by atoms with Crippen LogP contribution in [0.2, 0.25) is 0 Å². The van der Waals surface area contributed by atoms with E-state index in [1.807, 2.05) is 0 Å². The predicted molar refractivity (Wildman–Crippen MR) is 85.6 cm³/mol. The summed E-state index contributed by atoms with van der Waals surface area (Å²) < 4.78 is 31.8. The second kappa shape index (κ2) is 6.07. The van der Waals surface area contributed by atoms with E-state index in [-0.39, 0.29) is 10.8 Å². The number of hydrogen-bond donors (Lipinski definition) is 0. The third-order valence-corrected chi connectivity index (χ3v) is 5.75. The molecule has 2 saturated carbocycles. The summed E-state index contributed by atoms with van der Waals surface area (Å²) in [6, 6.07) is 0. The first kappa shape index (κ1) is 17.7. The first-order valence-corrected chi connectivity index (χ1v) is 9.05. The molecule has 21 heavy (non-hydrogen) atoms. The molecule has 2 aliphatic carbocycles. The number of alkyl halides is 3. The molecule has 0 aromatic carbocycles. The normalized spacial score (nSPS) is 33.9. The van der Waals surface area contributed by atoms with Crippen molar-refractivity contribution in [3.63, 3.8) is 0 Å². The molecule has 2 aliphatic rings. The maximum atomic E-state index is 13.3. The van der Waals surface area contributed by atoms with Crippen molar-refractivity contribution in [1.82, 2.24) is 0 Å². The van der Waals surface area contributed by atoms with Gasteiger partial charge < -0.3 is 4.74 Å². The zero-order chi connectivity index (χ0) is 15.9. The van der Waals surface area contributed by atoms with Gasteiger partial charge in [-0.3, -0.25) is 0 Å². The average molecular weight is 367 g/mol.